The van der Waals surface area contributed by atoms with E-state index in [0.717, 1.165) is 16.5 Å². The van der Waals surface area contributed by atoms with Crippen LogP contribution in [0.25, 0.3) is 10.8 Å². The van der Waals surface area contributed by atoms with E-state index in [9.17, 15) is 8.42 Å². The summed E-state index contributed by atoms with van der Waals surface area (Å²) in [4.78, 5) is 0.187. The first-order chi connectivity index (χ1) is 10.00. The van der Waals surface area contributed by atoms with Gasteiger partial charge in [-0.05, 0) is 41.5 Å². The Hall–Kier alpha value is -1.63. The van der Waals surface area contributed by atoms with Crippen molar-refractivity contribution in [1.82, 2.24) is 4.72 Å². The fourth-order valence-corrected chi connectivity index (χ4v) is 3.38. The van der Waals surface area contributed by atoms with Crippen LogP contribution in [-0.2, 0) is 10.0 Å². The van der Waals surface area contributed by atoms with Gasteiger partial charge in [-0.2, -0.15) is 0 Å². The highest BCUT2D eigenvalue weighted by Gasteiger charge is 2.18. The van der Waals surface area contributed by atoms with Crippen LogP contribution in [0.2, 0.25) is 0 Å². The Morgan fingerprint density at radius 1 is 1.19 bits per heavy atom. The van der Waals surface area contributed by atoms with Gasteiger partial charge < -0.3 is 9.84 Å². The van der Waals surface area contributed by atoms with Crippen molar-refractivity contribution in [2.45, 2.75) is 24.3 Å². The van der Waals surface area contributed by atoms with Crippen molar-refractivity contribution in [3.8, 4) is 5.75 Å². The van der Waals surface area contributed by atoms with Gasteiger partial charge in [0, 0.05) is 6.04 Å². The fraction of sp³-hybridized carbons (Fsp3) is 0.333. The van der Waals surface area contributed by atoms with Gasteiger partial charge in [0.1, 0.15) is 5.75 Å². The van der Waals surface area contributed by atoms with Gasteiger partial charge in [-0.15, -0.1) is 0 Å². The Bertz CT molecular complexity index is 724. The molecule has 114 valence electrons. The number of rotatable bonds is 6. The number of hydrogen-bond donors (Lipinski definition) is 2. The molecule has 1 unspecified atom stereocenters. The number of nitrogens with one attached hydrogen (secondary N) is 1. The number of ether oxygens (including phenoxy) is 1. The zero-order valence-electron chi connectivity index (χ0n) is 12.0. The first-order valence-corrected chi connectivity index (χ1v) is 8.19. The van der Waals surface area contributed by atoms with E-state index in [1.807, 2.05) is 19.1 Å². The van der Waals surface area contributed by atoms with Crippen LogP contribution in [0, 0.1) is 0 Å². The molecule has 2 aromatic rings. The van der Waals surface area contributed by atoms with Gasteiger partial charge in [0.2, 0.25) is 10.0 Å². The van der Waals surface area contributed by atoms with Gasteiger partial charge in [-0.3, -0.25) is 0 Å². The second kappa shape index (κ2) is 6.43. The minimum Gasteiger partial charge on any atom is -0.497 e. The second-order valence-electron chi connectivity index (χ2n) is 4.78. The Labute approximate surface area is 124 Å². The number of hydrogen-bond acceptors (Lipinski definition) is 4. The maximum Gasteiger partial charge on any atom is 0.240 e. The van der Waals surface area contributed by atoms with Crippen molar-refractivity contribution in [1.29, 1.82) is 0 Å². The normalized spacial score (nSPS) is 13.3. The number of sulfonamides is 1. The minimum atomic E-state index is -3.63. The summed E-state index contributed by atoms with van der Waals surface area (Å²) in [6.07, 6.45) is 0.528. The highest BCUT2D eigenvalue weighted by molar-refractivity contribution is 7.89. The molecular weight excluding hydrogens is 290 g/mol. The molecule has 2 N–H and O–H groups in total. The summed E-state index contributed by atoms with van der Waals surface area (Å²) in [7, 11) is -2.05. The largest absolute Gasteiger partial charge is 0.497 e. The quantitative estimate of drug-likeness (QED) is 0.854. The third-order valence-corrected chi connectivity index (χ3v) is 4.88. The molecule has 21 heavy (non-hydrogen) atoms. The number of aliphatic hydroxyl groups excluding tert-OH is 1. The molecule has 2 aromatic carbocycles. The Kier molecular flexibility index (Phi) is 4.82. The molecule has 1 atom stereocenters. The Morgan fingerprint density at radius 2 is 1.86 bits per heavy atom. The zero-order chi connectivity index (χ0) is 15.5. The van der Waals surface area contributed by atoms with Crippen molar-refractivity contribution in [3.63, 3.8) is 0 Å². The highest BCUT2D eigenvalue weighted by Crippen LogP contribution is 2.23. The fourth-order valence-electron chi connectivity index (χ4n) is 2.03. The maximum atomic E-state index is 12.3. The molecule has 5 nitrogen and oxygen atoms in total. The molecule has 0 heterocycles. The highest BCUT2D eigenvalue weighted by atomic mass is 32.2. The van der Waals surface area contributed by atoms with E-state index in [4.69, 9.17) is 9.84 Å². The molecular formula is C15H19NO4S. The van der Waals surface area contributed by atoms with E-state index in [2.05, 4.69) is 4.72 Å². The second-order valence-corrected chi connectivity index (χ2v) is 6.50. The summed E-state index contributed by atoms with van der Waals surface area (Å²) < 4.78 is 32.2. The van der Waals surface area contributed by atoms with E-state index in [-0.39, 0.29) is 11.5 Å². The summed E-state index contributed by atoms with van der Waals surface area (Å²) in [6, 6.07) is 9.89. The van der Waals surface area contributed by atoms with Crippen LogP contribution < -0.4 is 9.46 Å². The van der Waals surface area contributed by atoms with Gasteiger partial charge in [0.15, 0.2) is 0 Å². The molecule has 6 heteroatoms. The van der Waals surface area contributed by atoms with Gasteiger partial charge >= 0.3 is 0 Å². The number of methoxy groups -OCH3 is 1. The lowest BCUT2D eigenvalue weighted by atomic mass is 10.1. The van der Waals surface area contributed by atoms with E-state index in [0.29, 0.717) is 6.42 Å². The standard InChI is InChI=1S/C15H19NO4S/c1-3-13(10-17)16-21(18,19)15-7-5-11-8-14(20-2)6-4-12(11)9-15/h4-9,13,16-17H,3,10H2,1-2H3. The van der Waals surface area contributed by atoms with Crippen LogP contribution in [0.15, 0.2) is 41.3 Å². The summed E-state index contributed by atoms with van der Waals surface area (Å²) >= 11 is 0. The summed E-state index contributed by atoms with van der Waals surface area (Å²) in [5.41, 5.74) is 0. The minimum absolute atomic E-state index is 0.187. The molecule has 0 aliphatic heterocycles. The first kappa shape index (κ1) is 15.8. The number of aliphatic hydroxyl groups is 1. The predicted molar refractivity (Wildman–Crippen MR) is 82.0 cm³/mol. The van der Waals surface area contributed by atoms with Crippen LogP contribution in [0.5, 0.6) is 5.75 Å². The van der Waals surface area contributed by atoms with Gasteiger partial charge in [-0.1, -0.05) is 19.1 Å². The molecule has 0 fully saturated rings. The van der Waals surface area contributed by atoms with Crippen LogP contribution >= 0.6 is 0 Å². The van der Waals surface area contributed by atoms with Crippen molar-refractivity contribution in [2.24, 2.45) is 0 Å². The third-order valence-electron chi connectivity index (χ3n) is 3.36. The van der Waals surface area contributed by atoms with Gasteiger partial charge in [0.05, 0.1) is 18.6 Å². The van der Waals surface area contributed by atoms with Gasteiger partial charge in [0.25, 0.3) is 0 Å². The average Bonchev–Trinajstić information content (AvgIpc) is 2.51. The van der Waals surface area contributed by atoms with Crippen LogP contribution in [-0.4, -0.2) is 33.3 Å². The molecule has 0 bridgehead atoms. The van der Waals surface area contributed by atoms with Crippen molar-refractivity contribution in [2.75, 3.05) is 13.7 Å². The molecule has 0 radical (unpaired) electrons. The lowest BCUT2D eigenvalue weighted by molar-refractivity contribution is 0.254. The molecule has 0 aliphatic carbocycles. The Morgan fingerprint density at radius 3 is 2.48 bits per heavy atom. The molecule has 0 saturated heterocycles. The SMILES string of the molecule is CCC(CO)NS(=O)(=O)c1ccc2cc(OC)ccc2c1. The van der Waals surface area contributed by atoms with Crippen molar-refractivity contribution >= 4 is 20.8 Å². The molecule has 0 aromatic heterocycles. The molecule has 0 saturated carbocycles. The van der Waals surface area contributed by atoms with E-state index >= 15 is 0 Å². The average molecular weight is 309 g/mol. The van der Waals surface area contributed by atoms with Crippen LogP contribution in [0.1, 0.15) is 13.3 Å². The summed E-state index contributed by atoms with van der Waals surface area (Å²) in [5, 5.41) is 10.8. The lowest BCUT2D eigenvalue weighted by Crippen LogP contribution is -2.36. The Balaban J connectivity index is 2.38. The monoisotopic (exact) mass is 309 g/mol. The number of benzene rings is 2. The molecule has 0 amide bonds. The summed E-state index contributed by atoms with van der Waals surface area (Å²) in [5.74, 6) is 0.725. The smallest absolute Gasteiger partial charge is 0.240 e. The van der Waals surface area contributed by atoms with Crippen LogP contribution in [0.4, 0.5) is 0 Å². The predicted octanol–water partition coefficient (Wildman–Crippen LogP) is 1.90. The topological polar surface area (TPSA) is 75.6 Å². The van der Waals surface area contributed by atoms with Crippen LogP contribution in [0.3, 0.4) is 0 Å². The zero-order valence-corrected chi connectivity index (χ0v) is 12.9. The maximum absolute atomic E-state index is 12.3. The first-order valence-electron chi connectivity index (χ1n) is 6.71. The molecule has 0 aliphatic rings. The van der Waals surface area contributed by atoms with Gasteiger partial charge in [-0.25, -0.2) is 13.1 Å². The number of fused-ring (bicyclic) bond motifs is 1. The van der Waals surface area contributed by atoms with Crippen molar-refractivity contribution in [3.05, 3.63) is 36.4 Å². The molecule has 2 rings (SSSR count). The van der Waals surface area contributed by atoms with Crippen molar-refractivity contribution < 1.29 is 18.3 Å². The molecule has 0 spiro atoms. The van der Waals surface area contributed by atoms with E-state index in [1.165, 1.54) is 0 Å². The lowest BCUT2D eigenvalue weighted by Gasteiger charge is -2.14. The van der Waals surface area contributed by atoms with E-state index < -0.39 is 16.1 Å². The third kappa shape index (κ3) is 3.53. The van der Waals surface area contributed by atoms with E-state index in [1.54, 1.807) is 31.4 Å². The summed E-state index contributed by atoms with van der Waals surface area (Å²) in [6.45, 7) is 1.59.